The number of morpholine rings is 1. The number of carboxylic acids is 1. The van der Waals surface area contributed by atoms with Gasteiger partial charge in [0, 0.05) is 25.6 Å². The Balaban J connectivity index is 1.66. The second kappa shape index (κ2) is 7.59. The Morgan fingerprint density at radius 3 is 2.65 bits per heavy atom. The van der Waals surface area contributed by atoms with E-state index in [1.165, 1.54) is 0 Å². The Labute approximate surface area is 119 Å². The maximum absolute atomic E-state index is 12.0. The molecular formula is C14H24N2O4. The zero-order valence-electron chi connectivity index (χ0n) is 11.9. The molecule has 0 bridgehead atoms. The molecule has 2 saturated heterocycles. The molecule has 0 aromatic rings. The number of ether oxygens (including phenoxy) is 1. The smallest absolute Gasteiger partial charge is 0.304 e. The topological polar surface area (TPSA) is 70.1 Å². The van der Waals surface area contributed by atoms with Crippen molar-refractivity contribution in [1.82, 2.24) is 9.80 Å². The van der Waals surface area contributed by atoms with Gasteiger partial charge < -0.3 is 14.7 Å². The number of carboxylic acid groups (broad SMARTS) is 1. The van der Waals surface area contributed by atoms with E-state index in [1.807, 2.05) is 4.90 Å². The van der Waals surface area contributed by atoms with E-state index in [1.54, 1.807) is 0 Å². The van der Waals surface area contributed by atoms with Gasteiger partial charge in [0.2, 0.25) is 5.91 Å². The number of rotatable bonds is 6. The standard InChI is InChI=1S/C14H24N2O4/c17-13(16-7-9-20-10-8-16)4-2-6-15-5-1-3-12(15)11-14(18)19/h12H,1-11H2,(H,18,19). The van der Waals surface area contributed by atoms with E-state index in [0.717, 1.165) is 32.4 Å². The lowest BCUT2D eigenvalue weighted by molar-refractivity contribution is -0.138. The molecule has 2 aliphatic heterocycles. The van der Waals surface area contributed by atoms with Crippen LogP contribution in [0.4, 0.5) is 0 Å². The summed E-state index contributed by atoms with van der Waals surface area (Å²) in [5.41, 5.74) is 0. The molecule has 20 heavy (non-hydrogen) atoms. The van der Waals surface area contributed by atoms with Gasteiger partial charge in [-0.15, -0.1) is 0 Å². The molecular weight excluding hydrogens is 260 g/mol. The predicted molar refractivity (Wildman–Crippen MR) is 73.5 cm³/mol. The van der Waals surface area contributed by atoms with Crippen molar-refractivity contribution >= 4 is 11.9 Å². The van der Waals surface area contributed by atoms with E-state index in [0.29, 0.717) is 32.7 Å². The van der Waals surface area contributed by atoms with Gasteiger partial charge in [0.1, 0.15) is 0 Å². The second-order valence-electron chi connectivity index (χ2n) is 5.53. The molecule has 1 unspecified atom stereocenters. The fourth-order valence-corrected chi connectivity index (χ4v) is 3.03. The van der Waals surface area contributed by atoms with Crippen LogP contribution in [0.1, 0.15) is 32.1 Å². The predicted octanol–water partition coefficient (Wildman–Crippen LogP) is 0.565. The average molecular weight is 284 g/mol. The Hall–Kier alpha value is -1.14. The van der Waals surface area contributed by atoms with Crippen LogP contribution >= 0.6 is 0 Å². The van der Waals surface area contributed by atoms with Crippen molar-refractivity contribution in [3.05, 3.63) is 0 Å². The molecule has 2 heterocycles. The normalized spacial score (nSPS) is 24.0. The van der Waals surface area contributed by atoms with Gasteiger partial charge in [0.15, 0.2) is 0 Å². The minimum atomic E-state index is -0.730. The van der Waals surface area contributed by atoms with E-state index in [2.05, 4.69) is 4.90 Å². The number of likely N-dealkylation sites (tertiary alicyclic amines) is 1. The van der Waals surface area contributed by atoms with Crippen molar-refractivity contribution in [3.8, 4) is 0 Å². The highest BCUT2D eigenvalue weighted by Gasteiger charge is 2.26. The molecule has 0 radical (unpaired) electrons. The summed E-state index contributed by atoms with van der Waals surface area (Å²) in [4.78, 5) is 26.9. The Bertz CT molecular complexity index is 342. The molecule has 0 aromatic heterocycles. The maximum Gasteiger partial charge on any atom is 0.304 e. The average Bonchev–Trinajstić information content (AvgIpc) is 2.86. The van der Waals surface area contributed by atoms with Crippen LogP contribution in [-0.2, 0) is 14.3 Å². The minimum absolute atomic E-state index is 0.158. The summed E-state index contributed by atoms with van der Waals surface area (Å²) in [6.07, 6.45) is 3.61. The Morgan fingerprint density at radius 1 is 1.20 bits per heavy atom. The summed E-state index contributed by atoms with van der Waals surface area (Å²) in [5, 5.41) is 8.88. The van der Waals surface area contributed by atoms with Crippen LogP contribution in [0.15, 0.2) is 0 Å². The number of hydrogen-bond donors (Lipinski definition) is 1. The maximum atomic E-state index is 12.0. The van der Waals surface area contributed by atoms with Gasteiger partial charge in [-0.2, -0.15) is 0 Å². The highest BCUT2D eigenvalue weighted by atomic mass is 16.5. The Morgan fingerprint density at radius 2 is 1.95 bits per heavy atom. The number of carbonyl (C=O) groups excluding carboxylic acids is 1. The van der Waals surface area contributed by atoms with Gasteiger partial charge in [0.05, 0.1) is 19.6 Å². The first-order valence-corrected chi connectivity index (χ1v) is 7.48. The van der Waals surface area contributed by atoms with Gasteiger partial charge in [-0.3, -0.25) is 14.5 Å². The van der Waals surface area contributed by atoms with Crippen LogP contribution in [0.5, 0.6) is 0 Å². The molecule has 0 aliphatic carbocycles. The molecule has 2 fully saturated rings. The number of hydrogen-bond acceptors (Lipinski definition) is 4. The van der Waals surface area contributed by atoms with Crippen molar-refractivity contribution in [2.75, 3.05) is 39.4 Å². The zero-order chi connectivity index (χ0) is 14.4. The number of carbonyl (C=O) groups is 2. The van der Waals surface area contributed by atoms with Crippen LogP contribution in [0, 0.1) is 0 Å². The summed E-state index contributed by atoms with van der Waals surface area (Å²) in [6, 6.07) is 0.158. The van der Waals surface area contributed by atoms with Crippen molar-refractivity contribution in [1.29, 1.82) is 0 Å². The lowest BCUT2D eigenvalue weighted by atomic mass is 10.1. The zero-order valence-corrected chi connectivity index (χ0v) is 11.9. The molecule has 1 atom stereocenters. The number of aliphatic carboxylic acids is 1. The van der Waals surface area contributed by atoms with Crippen LogP contribution in [0.25, 0.3) is 0 Å². The molecule has 0 saturated carbocycles. The van der Waals surface area contributed by atoms with Gasteiger partial charge in [0.25, 0.3) is 0 Å². The number of nitrogens with zero attached hydrogens (tertiary/aromatic N) is 2. The molecule has 6 nitrogen and oxygen atoms in total. The van der Waals surface area contributed by atoms with Gasteiger partial charge in [-0.05, 0) is 32.4 Å². The first-order valence-electron chi connectivity index (χ1n) is 7.48. The van der Waals surface area contributed by atoms with Crippen LogP contribution in [0.2, 0.25) is 0 Å². The van der Waals surface area contributed by atoms with Crippen molar-refractivity contribution in [2.24, 2.45) is 0 Å². The third-order valence-electron chi connectivity index (χ3n) is 4.11. The van der Waals surface area contributed by atoms with Crippen molar-refractivity contribution in [3.63, 3.8) is 0 Å². The summed E-state index contributed by atoms with van der Waals surface area (Å²) in [5.74, 6) is -0.534. The Kier molecular flexibility index (Phi) is 5.79. The lowest BCUT2D eigenvalue weighted by Crippen LogP contribution is -2.41. The fourth-order valence-electron chi connectivity index (χ4n) is 3.03. The summed E-state index contributed by atoms with van der Waals surface area (Å²) in [7, 11) is 0. The molecule has 0 spiro atoms. The molecule has 114 valence electrons. The second-order valence-corrected chi connectivity index (χ2v) is 5.53. The number of amides is 1. The van der Waals surface area contributed by atoms with Crippen molar-refractivity contribution < 1.29 is 19.4 Å². The summed E-state index contributed by atoms with van der Waals surface area (Å²) in [6.45, 7) is 4.46. The fraction of sp³-hybridized carbons (Fsp3) is 0.857. The highest BCUT2D eigenvalue weighted by Crippen LogP contribution is 2.20. The van der Waals surface area contributed by atoms with Gasteiger partial charge in [-0.1, -0.05) is 0 Å². The van der Waals surface area contributed by atoms with E-state index in [9.17, 15) is 9.59 Å². The van der Waals surface area contributed by atoms with Crippen molar-refractivity contribution in [2.45, 2.75) is 38.1 Å². The third-order valence-corrected chi connectivity index (χ3v) is 4.11. The van der Waals surface area contributed by atoms with E-state index in [4.69, 9.17) is 9.84 Å². The third kappa shape index (κ3) is 4.45. The monoisotopic (exact) mass is 284 g/mol. The quantitative estimate of drug-likeness (QED) is 0.772. The van der Waals surface area contributed by atoms with E-state index >= 15 is 0 Å². The first kappa shape index (κ1) is 15.3. The summed E-state index contributed by atoms with van der Waals surface area (Å²) >= 11 is 0. The SMILES string of the molecule is O=C(O)CC1CCCN1CCCC(=O)N1CCOCC1. The summed E-state index contributed by atoms with van der Waals surface area (Å²) < 4.78 is 5.23. The first-order chi connectivity index (χ1) is 9.66. The minimum Gasteiger partial charge on any atom is -0.481 e. The molecule has 2 aliphatic rings. The van der Waals surface area contributed by atoms with Crippen LogP contribution in [-0.4, -0.2) is 72.2 Å². The van der Waals surface area contributed by atoms with E-state index < -0.39 is 5.97 Å². The molecule has 2 rings (SSSR count). The molecule has 1 amide bonds. The van der Waals surface area contributed by atoms with Crippen LogP contribution in [0.3, 0.4) is 0 Å². The molecule has 0 aromatic carbocycles. The van der Waals surface area contributed by atoms with Gasteiger partial charge in [-0.25, -0.2) is 0 Å². The van der Waals surface area contributed by atoms with Crippen LogP contribution < -0.4 is 0 Å². The molecule has 6 heteroatoms. The van der Waals surface area contributed by atoms with E-state index in [-0.39, 0.29) is 18.4 Å². The largest absolute Gasteiger partial charge is 0.481 e. The molecule has 1 N–H and O–H groups in total. The highest BCUT2D eigenvalue weighted by molar-refractivity contribution is 5.76. The van der Waals surface area contributed by atoms with Gasteiger partial charge >= 0.3 is 5.97 Å². The lowest BCUT2D eigenvalue weighted by Gasteiger charge is -2.27.